The Hall–Kier alpha value is -1.30. The standard InChI is InChI=1S/C13H17F3N2O/c1-9(10-4-6-19-7-5-10)18-12-3-2-11(8-17-12)13(14,15)16/h2-3,8-10H,4-7H2,1H3,(H,17,18). The van der Waals surface area contributed by atoms with E-state index in [0.29, 0.717) is 11.7 Å². The first-order chi connectivity index (χ1) is 8.97. The number of hydrogen-bond acceptors (Lipinski definition) is 3. The van der Waals surface area contributed by atoms with Crippen molar-refractivity contribution in [2.75, 3.05) is 18.5 Å². The van der Waals surface area contributed by atoms with E-state index in [9.17, 15) is 13.2 Å². The summed E-state index contributed by atoms with van der Waals surface area (Å²) in [5.74, 6) is 0.949. The first kappa shape index (κ1) is 14.1. The van der Waals surface area contributed by atoms with Crippen LogP contribution in [-0.4, -0.2) is 24.2 Å². The van der Waals surface area contributed by atoms with Gasteiger partial charge in [0.25, 0.3) is 0 Å². The van der Waals surface area contributed by atoms with E-state index >= 15 is 0 Å². The summed E-state index contributed by atoms with van der Waals surface area (Å²) in [6.45, 7) is 3.52. The molecule has 106 valence electrons. The third-order valence-corrected chi connectivity index (χ3v) is 3.44. The highest BCUT2D eigenvalue weighted by Crippen LogP contribution is 2.29. The Morgan fingerprint density at radius 1 is 1.32 bits per heavy atom. The molecule has 2 heterocycles. The van der Waals surface area contributed by atoms with Gasteiger partial charge in [0.2, 0.25) is 0 Å². The third kappa shape index (κ3) is 3.83. The Morgan fingerprint density at radius 3 is 2.53 bits per heavy atom. The second-order valence-electron chi connectivity index (χ2n) is 4.81. The molecule has 1 saturated heterocycles. The Kier molecular flexibility index (Phi) is 4.29. The number of pyridine rings is 1. The predicted molar refractivity (Wildman–Crippen MR) is 65.9 cm³/mol. The van der Waals surface area contributed by atoms with Crippen LogP contribution in [0.15, 0.2) is 18.3 Å². The van der Waals surface area contributed by atoms with Crippen LogP contribution in [0.1, 0.15) is 25.3 Å². The number of anilines is 1. The summed E-state index contributed by atoms with van der Waals surface area (Å²) in [4.78, 5) is 3.82. The van der Waals surface area contributed by atoms with Crippen LogP contribution in [0.4, 0.5) is 19.0 Å². The van der Waals surface area contributed by atoms with Crippen molar-refractivity contribution in [2.45, 2.75) is 32.0 Å². The average Bonchev–Trinajstić information content (AvgIpc) is 2.39. The number of ether oxygens (including phenoxy) is 1. The Bertz CT molecular complexity index is 399. The number of nitrogens with one attached hydrogen (secondary N) is 1. The molecule has 0 aliphatic carbocycles. The van der Waals surface area contributed by atoms with Gasteiger partial charge in [0.15, 0.2) is 0 Å². The van der Waals surface area contributed by atoms with Gasteiger partial charge in [0, 0.05) is 25.5 Å². The summed E-state index contributed by atoms with van der Waals surface area (Å²) in [6.07, 6.45) is -1.54. The lowest BCUT2D eigenvalue weighted by molar-refractivity contribution is -0.137. The van der Waals surface area contributed by atoms with Crippen LogP contribution >= 0.6 is 0 Å². The topological polar surface area (TPSA) is 34.2 Å². The Labute approximate surface area is 110 Å². The van der Waals surface area contributed by atoms with Crippen molar-refractivity contribution in [3.8, 4) is 0 Å². The zero-order valence-electron chi connectivity index (χ0n) is 10.7. The maximum absolute atomic E-state index is 12.4. The van der Waals surface area contributed by atoms with E-state index in [1.807, 2.05) is 6.92 Å². The van der Waals surface area contributed by atoms with Gasteiger partial charge in [-0.25, -0.2) is 4.98 Å². The fraction of sp³-hybridized carbons (Fsp3) is 0.615. The molecule has 1 N–H and O–H groups in total. The minimum Gasteiger partial charge on any atom is -0.381 e. The Morgan fingerprint density at radius 2 is 2.00 bits per heavy atom. The number of alkyl halides is 3. The molecule has 3 nitrogen and oxygen atoms in total. The Balaban J connectivity index is 1.95. The minimum absolute atomic E-state index is 0.174. The van der Waals surface area contributed by atoms with Gasteiger partial charge in [-0.1, -0.05) is 0 Å². The van der Waals surface area contributed by atoms with E-state index in [0.717, 1.165) is 38.3 Å². The van der Waals surface area contributed by atoms with Crippen LogP contribution in [0.5, 0.6) is 0 Å². The molecule has 0 saturated carbocycles. The van der Waals surface area contributed by atoms with Crippen LogP contribution in [0, 0.1) is 5.92 Å². The molecule has 2 rings (SSSR count). The summed E-state index contributed by atoms with van der Waals surface area (Å²) < 4.78 is 42.5. The van der Waals surface area contributed by atoms with Crippen molar-refractivity contribution in [1.82, 2.24) is 4.98 Å². The second-order valence-corrected chi connectivity index (χ2v) is 4.81. The molecule has 1 aliphatic rings. The lowest BCUT2D eigenvalue weighted by Gasteiger charge is -2.28. The van der Waals surface area contributed by atoms with Crippen molar-refractivity contribution in [3.63, 3.8) is 0 Å². The van der Waals surface area contributed by atoms with Crippen molar-refractivity contribution >= 4 is 5.82 Å². The molecule has 1 atom stereocenters. The molecule has 1 aliphatic heterocycles. The molecule has 0 aromatic carbocycles. The molecule has 1 aromatic rings. The quantitative estimate of drug-likeness (QED) is 0.918. The fourth-order valence-corrected chi connectivity index (χ4v) is 2.21. The monoisotopic (exact) mass is 274 g/mol. The van der Waals surface area contributed by atoms with E-state index < -0.39 is 11.7 Å². The molecule has 6 heteroatoms. The van der Waals surface area contributed by atoms with Gasteiger partial charge < -0.3 is 10.1 Å². The number of hydrogen-bond donors (Lipinski definition) is 1. The van der Waals surface area contributed by atoms with Gasteiger partial charge in [-0.2, -0.15) is 13.2 Å². The molecule has 0 bridgehead atoms. The summed E-state index contributed by atoms with van der Waals surface area (Å²) in [7, 11) is 0. The molecule has 0 amide bonds. The molecular weight excluding hydrogens is 257 g/mol. The molecule has 1 aromatic heterocycles. The first-order valence-electron chi connectivity index (χ1n) is 6.34. The second kappa shape index (κ2) is 5.77. The normalized spacial score (nSPS) is 19.2. The summed E-state index contributed by atoms with van der Waals surface area (Å²) in [5, 5.41) is 3.16. The van der Waals surface area contributed by atoms with Crippen LogP contribution in [0.25, 0.3) is 0 Å². The first-order valence-corrected chi connectivity index (χ1v) is 6.34. The molecular formula is C13H17F3N2O. The SMILES string of the molecule is CC(Nc1ccc(C(F)(F)F)cn1)C1CCOCC1. The van der Waals surface area contributed by atoms with Gasteiger partial charge >= 0.3 is 6.18 Å². The minimum atomic E-state index is -4.34. The van der Waals surface area contributed by atoms with Crippen molar-refractivity contribution < 1.29 is 17.9 Å². The third-order valence-electron chi connectivity index (χ3n) is 3.44. The number of rotatable bonds is 3. The van der Waals surface area contributed by atoms with Crippen LogP contribution in [0.2, 0.25) is 0 Å². The van der Waals surface area contributed by atoms with E-state index in [2.05, 4.69) is 10.3 Å². The highest BCUT2D eigenvalue weighted by atomic mass is 19.4. The lowest BCUT2D eigenvalue weighted by atomic mass is 9.93. The van der Waals surface area contributed by atoms with Gasteiger partial charge in [0.05, 0.1) is 5.56 Å². The number of halogens is 3. The molecule has 1 fully saturated rings. The average molecular weight is 274 g/mol. The van der Waals surface area contributed by atoms with Gasteiger partial charge in [-0.15, -0.1) is 0 Å². The van der Waals surface area contributed by atoms with Crippen molar-refractivity contribution in [3.05, 3.63) is 23.9 Å². The van der Waals surface area contributed by atoms with Crippen LogP contribution in [-0.2, 0) is 10.9 Å². The summed E-state index contributed by atoms with van der Waals surface area (Å²) >= 11 is 0. The zero-order valence-corrected chi connectivity index (χ0v) is 10.7. The number of nitrogens with zero attached hydrogens (tertiary/aromatic N) is 1. The number of aromatic nitrogens is 1. The van der Waals surface area contributed by atoms with E-state index in [4.69, 9.17) is 4.74 Å². The van der Waals surface area contributed by atoms with Crippen molar-refractivity contribution in [1.29, 1.82) is 0 Å². The molecule has 0 radical (unpaired) electrons. The van der Waals surface area contributed by atoms with E-state index in [1.54, 1.807) is 0 Å². The maximum atomic E-state index is 12.4. The summed E-state index contributed by atoms with van der Waals surface area (Å²) in [5.41, 5.74) is -0.725. The van der Waals surface area contributed by atoms with Gasteiger partial charge in [-0.3, -0.25) is 0 Å². The van der Waals surface area contributed by atoms with Gasteiger partial charge in [0.1, 0.15) is 5.82 Å². The highest BCUT2D eigenvalue weighted by Gasteiger charge is 2.30. The van der Waals surface area contributed by atoms with E-state index in [1.165, 1.54) is 6.07 Å². The van der Waals surface area contributed by atoms with Crippen molar-refractivity contribution in [2.24, 2.45) is 5.92 Å². The molecule has 1 unspecified atom stereocenters. The highest BCUT2D eigenvalue weighted by molar-refractivity contribution is 5.37. The predicted octanol–water partition coefficient (Wildman–Crippen LogP) is 3.33. The van der Waals surface area contributed by atoms with Crippen LogP contribution < -0.4 is 5.32 Å². The summed E-state index contributed by atoms with van der Waals surface area (Å²) in [6, 6.07) is 2.60. The zero-order chi connectivity index (χ0) is 13.9. The molecule has 19 heavy (non-hydrogen) atoms. The van der Waals surface area contributed by atoms with Gasteiger partial charge in [-0.05, 0) is 37.8 Å². The fourth-order valence-electron chi connectivity index (χ4n) is 2.21. The van der Waals surface area contributed by atoms with Crippen LogP contribution in [0.3, 0.4) is 0 Å². The largest absolute Gasteiger partial charge is 0.417 e. The smallest absolute Gasteiger partial charge is 0.381 e. The molecule has 0 spiro atoms. The van der Waals surface area contributed by atoms with E-state index in [-0.39, 0.29) is 6.04 Å². The lowest BCUT2D eigenvalue weighted by Crippen LogP contribution is -2.31. The maximum Gasteiger partial charge on any atom is 0.417 e.